The van der Waals surface area contributed by atoms with Gasteiger partial charge in [0, 0.05) is 39.0 Å². The van der Waals surface area contributed by atoms with Crippen molar-refractivity contribution in [1.82, 2.24) is 26.6 Å². The van der Waals surface area contributed by atoms with Crippen LogP contribution >= 0.6 is 46.1 Å². The van der Waals surface area contributed by atoms with Crippen LogP contribution in [0, 0.1) is 0 Å². The number of carbonyl (C=O) groups is 5. The zero-order chi connectivity index (χ0) is 44.3. The van der Waals surface area contributed by atoms with Gasteiger partial charge < -0.3 is 45.5 Å². The first-order valence-electron chi connectivity index (χ1n) is 22.6. The molecule has 0 aliphatic carbocycles. The van der Waals surface area contributed by atoms with E-state index in [9.17, 15) is 24.0 Å². The molecule has 5 amide bonds. The summed E-state index contributed by atoms with van der Waals surface area (Å²) < 4.78 is 22.3. The molecule has 0 aliphatic rings. The predicted octanol–water partition coefficient (Wildman–Crippen LogP) is 6.31. The van der Waals surface area contributed by atoms with Crippen molar-refractivity contribution < 1.29 is 42.9 Å². The highest BCUT2D eigenvalue weighted by atomic mass is 127. The van der Waals surface area contributed by atoms with Crippen molar-refractivity contribution in [2.75, 3.05) is 90.5 Å². The third kappa shape index (κ3) is 43.3. The molecule has 0 fully saturated rings. The summed E-state index contributed by atoms with van der Waals surface area (Å²) in [5.74, 6) is 0.0554. The average molecular weight is 1000 g/mol. The summed E-state index contributed by atoms with van der Waals surface area (Å²) in [6.07, 6.45) is 18.5. The minimum Gasteiger partial charge on any atom is -0.379 e. The van der Waals surface area contributed by atoms with Crippen LogP contribution in [-0.2, 0) is 42.9 Å². The van der Waals surface area contributed by atoms with Crippen molar-refractivity contribution in [3.05, 3.63) is 0 Å². The quantitative estimate of drug-likeness (QED) is 0.0262. The van der Waals surface area contributed by atoms with Gasteiger partial charge in [-0.2, -0.15) is 0 Å². The molecule has 1 unspecified atom stereocenters. The number of hydrogen-bond acceptors (Lipinski definition) is 11. The second-order valence-corrected chi connectivity index (χ2v) is 20.6. The molecule has 0 aromatic rings. The molecule has 0 radical (unpaired) electrons. The zero-order valence-corrected chi connectivity index (χ0v) is 41.3. The van der Waals surface area contributed by atoms with E-state index in [4.69, 9.17) is 18.9 Å². The monoisotopic (exact) mass is 1000 g/mol. The molecule has 0 bridgehead atoms. The molecule has 14 nitrogen and oxygen atoms in total. The minimum atomic E-state index is -0.709. The van der Waals surface area contributed by atoms with Gasteiger partial charge in [0.2, 0.25) is 29.5 Å². The molecule has 0 rings (SSSR count). The van der Waals surface area contributed by atoms with E-state index < -0.39 is 6.04 Å². The van der Waals surface area contributed by atoms with Crippen molar-refractivity contribution in [1.29, 1.82) is 0 Å². The Morgan fingerprint density at radius 2 is 0.933 bits per heavy atom. The molecule has 0 saturated carbocycles. The number of rotatable bonds is 44. The van der Waals surface area contributed by atoms with Gasteiger partial charge in [-0.3, -0.25) is 24.0 Å². The lowest BCUT2D eigenvalue weighted by atomic mass is 10.0. The van der Waals surface area contributed by atoms with Crippen LogP contribution in [0.1, 0.15) is 137 Å². The van der Waals surface area contributed by atoms with Gasteiger partial charge in [0.15, 0.2) is 0 Å². The molecular weight excluding hydrogens is 922 g/mol. The molecule has 0 aromatic carbocycles. The number of thioether (sulfide) groups is 2. The van der Waals surface area contributed by atoms with Gasteiger partial charge in [0.25, 0.3) is 0 Å². The summed E-state index contributed by atoms with van der Waals surface area (Å²) in [5, 5.41) is 14.6. The summed E-state index contributed by atoms with van der Waals surface area (Å²) in [7, 11) is 0. The molecule has 352 valence electrons. The molecule has 17 heteroatoms. The minimum absolute atomic E-state index is 0.0417. The van der Waals surface area contributed by atoms with Crippen molar-refractivity contribution in [2.24, 2.45) is 0 Å². The Kier molecular flexibility index (Phi) is 43.2. The number of halogens is 1. The van der Waals surface area contributed by atoms with Gasteiger partial charge in [-0.25, -0.2) is 0 Å². The lowest BCUT2D eigenvalue weighted by Gasteiger charge is -2.19. The Morgan fingerprint density at radius 1 is 0.483 bits per heavy atom. The third-order valence-corrected chi connectivity index (χ3v) is 12.1. The number of ether oxygens (including phenoxy) is 4. The molecule has 0 aliphatic heterocycles. The number of carbonyl (C=O) groups excluding carboxylic acids is 5. The highest BCUT2D eigenvalue weighted by Gasteiger charge is 2.20. The van der Waals surface area contributed by atoms with Crippen LogP contribution in [0.3, 0.4) is 0 Å². The number of amides is 5. The summed E-state index contributed by atoms with van der Waals surface area (Å²) in [4.78, 5) is 61.4. The Bertz CT molecular complexity index is 1080. The van der Waals surface area contributed by atoms with Gasteiger partial charge >= 0.3 is 0 Å². The molecule has 0 heterocycles. The van der Waals surface area contributed by atoms with Crippen LogP contribution in [0.15, 0.2) is 0 Å². The van der Waals surface area contributed by atoms with Crippen LogP contribution in [0.5, 0.6) is 0 Å². The van der Waals surface area contributed by atoms with Gasteiger partial charge in [-0.15, -0.1) is 23.5 Å². The Balaban J connectivity index is 3.74. The molecule has 2 atom stereocenters. The Labute approximate surface area is 385 Å². The summed E-state index contributed by atoms with van der Waals surface area (Å²) in [5.41, 5.74) is 0. The average Bonchev–Trinajstić information content (AvgIpc) is 3.21. The highest BCUT2D eigenvalue weighted by Crippen LogP contribution is 2.16. The standard InChI is InChI=1S/C43H82IN5O9S2/c1-5-6-7-8-9-10-11-12-13-14-15-16-17-20-39(50)46-23-27-56-32-33-57-28-24-47-40(51)21-26-55-30-31-58-29-25-48-43(54)38(49-42(53)35-60-37(4)44)19-18-22-45-41(52)34-59-36(2)3/h36-38H,5-35H2,1-4H3,(H,45,52)(H,46,50)(H,47,51)(H,48,54)(H,49,53)/t37?,38-/m0/s1. The third-order valence-electron chi connectivity index (χ3n) is 9.04. The lowest BCUT2D eigenvalue weighted by molar-refractivity contribution is -0.128. The zero-order valence-electron chi connectivity index (χ0n) is 37.5. The summed E-state index contributed by atoms with van der Waals surface area (Å²) >= 11 is 5.29. The van der Waals surface area contributed by atoms with Gasteiger partial charge in [0.1, 0.15) is 6.04 Å². The van der Waals surface area contributed by atoms with E-state index in [0.29, 0.717) is 89.5 Å². The number of alkyl halides is 1. The van der Waals surface area contributed by atoms with Crippen molar-refractivity contribution in [3.8, 4) is 0 Å². The smallest absolute Gasteiger partial charge is 0.242 e. The van der Waals surface area contributed by atoms with Crippen molar-refractivity contribution >= 4 is 75.7 Å². The number of unbranched alkanes of at least 4 members (excludes halogenated alkanes) is 12. The SMILES string of the molecule is CCCCCCCCCCCCCCCC(=O)NCCOCCOCCNC(=O)CCOCCOCCNC(=O)[C@H](CCCNC(=O)CSC(C)C)NC(=O)CSC(C)I. The fraction of sp³-hybridized carbons (Fsp3) is 0.884. The highest BCUT2D eigenvalue weighted by molar-refractivity contribution is 14.1. The first-order valence-corrected chi connectivity index (χ1v) is 25.9. The van der Waals surface area contributed by atoms with Crippen LogP contribution in [0.4, 0.5) is 0 Å². The molecule has 60 heavy (non-hydrogen) atoms. The lowest BCUT2D eigenvalue weighted by Crippen LogP contribution is -2.48. The summed E-state index contributed by atoms with van der Waals surface area (Å²) in [6.45, 7) is 12.7. The van der Waals surface area contributed by atoms with Crippen molar-refractivity contribution in [3.63, 3.8) is 0 Å². The van der Waals surface area contributed by atoms with Crippen molar-refractivity contribution in [2.45, 2.75) is 151 Å². The first kappa shape index (κ1) is 58.6. The molecular formula is C43H82IN5O9S2. The fourth-order valence-electron chi connectivity index (χ4n) is 5.71. The van der Waals surface area contributed by atoms with E-state index in [1.807, 2.05) is 20.8 Å². The molecule has 0 spiro atoms. The van der Waals surface area contributed by atoms with Crippen LogP contribution < -0.4 is 26.6 Å². The normalized spacial score (nSPS) is 12.2. The maximum absolute atomic E-state index is 12.9. The maximum Gasteiger partial charge on any atom is 0.242 e. The van der Waals surface area contributed by atoms with E-state index in [2.05, 4.69) is 56.1 Å². The predicted molar refractivity (Wildman–Crippen MR) is 255 cm³/mol. The van der Waals surface area contributed by atoms with Gasteiger partial charge in [0.05, 0.1) is 67.6 Å². The summed E-state index contributed by atoms with van der Waals surface area (Å²) in [6, 6.07) is -0.709. The van der Waals surface area contributed by atoms with Gasteiger partial charge in [-0.1, -0.05) is 120 Å². The van der Waals surface area contributed by atoms with E-state index in [-0.39, 0.29) is 64.7 Å². The second-order valence-electron chi connectivity index (χ2n) is 15.0. The van der Waals surface area contributed by atoms with E-state index >= 15 is 0 Å². The van der Waals surface area contributed by atoms with Crippen LogP contribution in [0.2, 0.25) is 0 Å². The topological polar surface area (TPSA) is 182 Å². The molecule has 0 aromatic heterocycles. The van der Waals surface area contributed by atoms with E-state index in [1.54, 1.807) is 11.8 Å². The van der Waals surface area contributed by atoms with Crippen LogP contribution in [-0.4, -0.2) is 135 Å². The largest absolute Gasteiger partial charge is 0.379 e. The number of nitrogens with one attached hydrogen (secondary N) is 5. The maximum atomic E-state index is 12.9. The van der Waals surface area contributed by atoms with E-state index in [0.717, 1.165) is 12.8 Å². The van der Waals surface area contributed by atoms with E-state index in [1.165, 1.54) is 82.4 Å². The Morgan fingerprint density at radius 3 is 1.45 bits per heavy atom. The molecule has 0 saturated heterocycles. The number of hydrogen-bond donors (Lipinski definition) is 5. The molecule has 5 N–H and O–H groups in total. The fourth-order valence-corrected chi connectivity index (χ4v) is 7.30. The Hall–Kier alpha value is -1.38. The van der Waals surface area contributed by atoms with Crippen LogP contribution in [0.25, 0.3) is 0 Å². The second kappa shape index (κ2) is 44.2. The van der Waals surface area contributed by atoms with Gasteiger partial charge in [-0.05, 0) is 31.4 Å². The first-order chi connectivity index (χ1) is 29.0.